The molecule has 0 saturated heterocycles. The van der Waals surface area contributed by atoms with Gasteiger partial charge < -0.3 is 20.9 Å². The lowest BCUT2D eigenvalue weighted by molar-refractivity contribution is -0.186. The highest BCUT2D eigenvalue weighted by Gasteiger charge is 2.44. The number of carbonyl (C=O) groups excluding carboxylic acids is 2. The zero-order chi connectivity index (χ0) is 28.4. The monoisotopic (exact) mass is 583 g/mol. The van der Waals surface area contributed by atoms with Crippen LogP contribution in [0.25, 0.3) is 0 Å². The Bertz CT molecular complexity index is 1460. The van der Waals surface area contributed by atoms with Crippen molar-refractivity contribution in [3.8, 4) is 0 Å². The Morgan fingerprint density at radius 1 is 1.07 bits per heavy atom. The van der Waals surface area contributed by atoms with E-state index in [0.717, 1.165) is 46.4 Å². The number of fused-ring (bicyclic) bond motifs is 2. The van der Waals surface area contributed by atoms with Crippen LogP contribution >= 0.6 is 11.3 Å². The molecular formula is C26H23F6N5O2S. The van der Waals surface area contributed by atoms with E-state index in [0.29, 0.717) is 39.5 Å². The first-order valence-corrected chi connectivity index (χ1v) is 13.5. The van der Waals surface area contributed by atoms with Gasteiger partial charge in [-0.1, -0.05) is 6.07 Å². The van der Waals surface area contributed by atoms with Crippen LogP contribution in [0.5, 0.6) is 0 Å². The highest BCUT2D eigenvalue weighted by atomic mass is 32.1. The van der Waals surface area contributed by atoms with Gasteiger partial charge in [0.1, 0.15) is 6.04 Å². The van der Waals surface area contributed by atoms with Crippen molar-refractivity contribution in [3.63, 3.8) is 0 Å². The van der Waals surface area contributed by atoms with Gasteiger partial charge in [-0.2, -0.15) is 26.3 Å². The molecule has 0 radical (unpaired) electrons. The minimum absolute atomic E-state index is 0.0837. The topological polar surface area (TPSA) is 85.8 Å². The number of alkyl halides is 6. The van der Waals surface area contributed by atoms with Crippen LogP contribution < -0.4 is 16.0 Å². The summed E-state index contributed by atoms with van der Waals surface area (Å²) in [5.74, 6) is -1.97. The molecule has 1 aromatic heterocycles. The third kappa shape index (κ3) is 5.04. The molecule has 6 rings (SSSR count). The van der Waals surface area contributed by atoms with E-state index in [1.807, 2.05) is 0 Å². The van der Waals surface area contributed by atoms with Crippen molar-refractivity contribution in [1.29, 1.82) is 0 Å². The molecule has 1 aromatic carbocycles. The van der Waals surface area contributed by atoms with E-state index in [9.17, 15) is 35.9 Å². The Balaban J connectivity index is 1.31. The summed E-state index contributed by atoms with van der Waals surface area (Å²) in [5, 5.41) is 8.41. The van der Waals surface area contributed by atoms with E-state index in [4.69, 9.17) is 0 Å². The van der Waals surface area contributed by atoms with Crippen LogP contribution in [0.1, 0.15) is 61.6 Å². The molecule has 3 N–H and O–H groups in total. The van der Waals surface area contributed by atoms with Gasteiger partial charge in [-0.05, 0) is 60.4 Å². The second kappa shape index (κ2) is 9.53. The molecule has 1 fully saturated rings. The van der Waals surface area contributed by atoms with Crippen molar-refractivity contribution in [2.45, 2.75) is 56.5 Å². The van der Waals surface area contributed by atoms with Gasteiger partial charge in [-0.3, -0.25) is 9.59 Å². The van der Waals surface area contributed by atoms with Crippen molar-refractivity contribution >= 4 is 34.8 Å². The van der Waals surface area contributed by atoms with Gasteiger partial charge in [0, 0.05) is 41.3 Å². The summed E-state index contributed by atoms with van der Waals surface area (Å²) in [6, 6.07) is 3.66. The van der Waals surface area contributed by atoms with E-state index < -0.39 is 29.9 Å². The zero-order valence-electron chi connectivity index (χ0n) is 20.8. The number of aliphatic imine (C=N–C) groups is 1. The molecule has 0 bridgehead atoms. The van der Waals surface area contributed by atoms with E-state index in [-0.39, 0.29) is 37.3 Å². The van der Waals surface area contributed by atoms with E-state index in [1.165, 1.54) is 6.07 Å². The first-order chi connectivity index (χ1) is 18.9. The van der Waals surface area contributed by atoms with Crippen molar-refractivity contribution in [2.75, 3.05) is 18.4 Å². The second-order valence-electron chi connectivity index (χ2n) is 10.2. The number of hydrogen-bond donors (Lipinski definition) is 3. The fourth-order valence-corrected chi connectivity index (χ4v) is 6.50. The highest BCUT2D eigenvalue weighted by molar-refractivity contribution is 7.12. The summed E-state index contributed by atoms with van der Waals surface area (Å²) in [4.78, 5) is 30.2. The molecule has 1 saturated carbocycles. The molecule has 1 aliphatic carbocycles. The predicted octanol–water partition coefficient (Wildman–Crippen LogP) is 4.92. The maximum Gasteiger partial charge on any atom is 0.471 e. The molecule has 7 nitrogen and oxygen atoms in total. The van der Waals surface area contributed by atoms with Crippen LogP contribution in [0.4, 0.5) is 32.0 Å². The molecule has 14 heteroatoms. The van der Waals surface area contributed by atoms with E-state index in [2.05, 4.69) is 20.9 Å². The van der Waals surface area contributed by atoms with E-state index >= 15 is 0 Å². The minimum atomic E-state index is -4.95. The molecule has 2 amide bonds. The van der Waals surface area contributed by atoms with Crippen molar-refractivity contribution in [1.82, 2.24) is 15.5 Å². The Kier molecular flexibility index (Phi) is 6.35. The normalized spacial score (nSPS) is 21.0. The first kappa shape index (κ1) is 26.7. The van der Waals surface area contributed by atoms with Crippen LogP contribution in [0.2, 0.25) is 0 Å². The molecule has 4 aliphatic rings. The molecular weight excluding hydrogens is 560 g/mol. The molecule has 0 spiro atoms. The molecule has 1 atom stereocenters. The van der Waals surface area contributed by atoms with Gasteiger partial charge in [0.25, 0.3) is 5.91 Å². The number of carbonyl (C=O) groups is 2. The molecule has 40 heavy (non-hydrogen) atoms. The van der Waals surface area contributed by atoms with Crippen molar-refractivity contribution in [2.24, 2.45) is 4.99 Å². The standard InChI is InChI=1S/C26H23F6N5O2S/c27-25(28,29)17-10-34-24(36-21(17)20-9-16-19(40-20)3-5-33-22(16)38)35-18-8-13-4-6-37(23(39)26(30,31)32)11-14(13)7-15(18)12-1-2-12/h7-10,12,21H,1-6,11H2,(H,33,38)(H2,34,35,36). The van der Waals surface area contributed by atoms with Crippen LogP contribution in [-0.2, 0) is 24.2 Å². The molecule has 1 unspecified atom stereocenters. The fourth-order valence-electron chi connectivity index (χ4n) is 5.28. The molecule has 2 aromatic rings. The molecule has 4 heterocycles. The molecule has 3 aliphatic heterocycles. The first-order valence-electron chi connectivity index (χ1n) is 12.7. The predicted molar refractivity (Wildman–Crippen MR) is 135 cm³/mol. The number of thiophene rings is 1. The van der Waals surface area contributed by atoms with Gasteiger partial charge >= 0.3 is 18.3 Å². The quantitative estimate of drug-likeness (QED) is 0.448. The van der Waals surface area contributed by atoms with Gasteiger partial charge in [-0.25, -0.2) is 4.99 Å². The largest absolute Gasteiger partial charge is 0.471 e. The average molecular weight is 584 g/mol. The number of rotatable bonds is 3. The third-order valence-electron chi connectivity index (χ3n) is 7.41. The number of nitrogens with zero attached hydrogens (tertiary/aromatic N) is 2. The van der Waals surface area contributed by atoms with Crippen molar-refractivity contribution in [3.05, 3.63) is 62.0 Å². The number of hydrogen-bond acceptors (Lipinski definition) is 6. The van der Waals surface area contributed by atoms with Crippen LogP contribution in [0, 0.1) is 0 Å². The van der Waals surface area contributed by atoms with Crippen LogP contribution in [-0.4, -0.2) is 48.1 Å². The summed E-state index contributed by atoms with van der Waals surface area (Å²) in [5.41, 5.74) is 2.27. The highest BCUT2D eigenvalue weighted by Crippen LogP contribution is 2.46. The number of nitrogens with one attached hydrogen (secondary N) is 3. The van der Waals surface area contributed by atoms with Gasteiger partial charge in [0.2, 0.25) is 5.96 Å². The maximum absolute atomic E-state index is 13.9. The van der Waals surface area contributed by atoms with Crippen LogP contribution in [0.15, 0.2) is 35.0 Å². The van der Waals surface area contributed by atoms with Crippen molar-refractivity contribution < 1.29 is 35.9 Å². The smallest absolute Gasteiger partial charge is 0.352 e. The van der Waals surface area contributed by atoms with E-state index in [1.54, 1.807) is 12.1 Å². The summed E-state index contributed by atoms with van der Waals surface area (Å²) in [6.07, 6.45) is -6.28. The van der Waals surface area contributed by atoms with Crippen LogP contribution in [0.3, 0.4) is 0 Å². The number of amides is 2. The zero-order valence-corrected chi connectivity index (χ0v) is 21.6. The second-order valence-corrected chi connectivity index (χ2v) is 11.4. The maximum atomic E-state index is 13.9. The summed E-state index contributed by atoms with van der Waals surface area (Å²) in [7, 11) is 0. The number of halogens is 6. The Morgan fingerprint density at radius 3 is 2.52 bits per heavy atom. The number of guanidine groups is 1. The summed E-state index contributed by atoms with van der Waals surface area (Å²) < 4.78 is 80.8. The Morgan fingerprint density at radius 2 is 1.85 bits per heavy atom. The Hall–Kier alpha value is -3.55. The van der Waals surface area contributed by atoms with Gasteiger partial charge in [-0.15, -0.1) is 11.3 Å². The minimum Gasteiger partial charge on any atom is -0.352 e. The third-order valence-corrected chi connectivity index (χ3v) is 8.66. The lowest BCUT2D eigenvalue weighted by Crippen LogP contribution is -2.43. The lowest BCUT2D eigenvalue weighted by atomic mass is 9.94. The lowest BCUT2D eigenvalue weighted by Gasteiger charge is -2.31. The fraction of sp³-hybridized carbons (Fsp3) is 0.423. The average Bonchev–Trinajstić information content (AvgIpc) is 3.64. The Labute approximate surface area is 228 Å². The van der Waals surface area contributed by atoms with Gasteiger partial charge in [0.15, 0.2) is 0 Å². The number of anilines is 1. The SMILES string of the molecule is O=C1NCCc2sc(C3N=C(Nc4cc5c(cc4C4CC4)CN(C(=O)C(F)(F)F)CC5)NC=C3C(F)(F)F)cc21. The van der Waals surface area contributed by atoms with Gasteiger partial charge in [0.05, 0.1) is 11.1 Å². The summed E-state index contributed by atoms with van der Waals surface area (Å²) in [6.45, 7) is 0.160. The number of benzene rings is 1. The summed E-state index contributed by atoms with van der Waals surface area (Å²) >= 11 is 1.14. The molecule has 212 valence electrons.